The number of carbonyl (C=O) groups excluding carboxylic acids is 1. The van der Waals surface area contributed by atoms with E-state index in [9.17, 15) is 9.90 Å². The van der Waals surface area contributed by atoms with Gasteiger partial charge in [-0.1, -0.05) is 6.07 Å². The van der Waals surface area contributed by atoms with Gasteiger partial charge in [0.25, 0.3) is 5.91 Å². The smallest absolute Gasteiger partial charge is 0.253 e. The van der Waals surface area contributed by atoms with E-state index >= 15 is 0 Å². The van der Waals surface area contributed by atoms with Crippen molar-refractivity contribution in [2.45, 2.75) is 44.6 Å². The second kappa shape index (κ2) is 7.14. The Labute approximate surface area is 132 Å². The number of piperidine rings is 1. The van der Waals surface area contributed by atoms with Gasteiger partial charge in [-0.25, -0.2) is 0 Å². The molecule has 1 N–H and O–H groups in total. The van der Waals surface area contributed by atoms with Crippen molar-refractivity contribution in [1.29, 1.82) is 0 Å². The van der Waals surface area contributed by atoms with E-state index in [-0.39, 0.29) is 18.4 Å². The number of hydrogen-bond acceptors (Lipinski definition) is 3. The van der Waals surface area contributed by atoms with Gasteiger partial charge in [0, 0.05) is 25.3 Å². The summed E-state index contributed by atoms with van der Waals surface area (Å²) in [6.07, 6.45) is 6.98. The van der Waals surface area contributed by atoms with Crippen LogP contribution in [0.2, 0.25) is 0 Å². The molecule has 1 aliphatic carbocycles. The zero-order valence-corrected chi connectivity index (χ0v) is 13.0. The normalized spacial score (nSPS) is 22.8. The van der Waals surface area contributed by atoms with Crippen molar-refractivity contribution < 1.29 is 14.6 Å². The van der Waals surface area contributed by atoms with Crippen molar-refractivity contribution in [1.82, 2.24) is 4.90 Å². The molecule has 0 spiro atoms. The SMILES string of the molecule is O=C(c1cccc(OC2CCCC2)c1)N1CCCC(CO)C1. The van der Waals surface area contributed by atoms with Gasteiger partial charge >= 0.3 is 0 Å². The third kappa shape index (κ3) is 3.61. The van der Waals surface area contributed by atoms with E-state index in [2.05, 4.69) is 0 Å². The van der Waals surface area contributed by atoms with Crippen molar-refractivity contribution in [3.05, 3.63) is 29.8 Å². The Morgan fingerprint density at radius 1 is 1.23 bits per heavy atom. The lowest BCUT2D eigenvalue weighted by Gasteiger charge is -2.32. The van der Waals surface area contributed by atoms with Gasteiger partial charge < -0.3 is 14.7 Å². The molecule has 1 atom stereocenters. The van der Waals surface area contributed by atoms with Gasteiger partial charge in [-0.05, 0) is 62.6 Å². The number of hydrogen-bond donors (Lipinski definition) is 1. The van der Waals surface area contributed by atoms with E-state index in [1.54, 1.807) is 0 Å². The standard InChI is InChI=1S/C18H25NO3/c20-13-14-5-4-10-19(12-14)18(21)15-6-3-9-17(11-15)22-16-7-1-2-8-16/h3,6,9,11,14,16,20H,1-2,4-5,7-8,10,12-13H2. The van der Waals surface area contributed by atoms with Crippen LogP contribution in [0.3, 0.4) is 0 Å². The lowest BCUT2D eigenvalue weighted by molar-refractivity contribution is 0.0620. The molecule has 3 rings (SSSR count). The minimum absolute atomic E-state index is 0.0509. The molecule has 1 saturated heterocycles. The molecular formula is C18H25NO3. The van der Waals surface area contributed by atoms with E-state index in [0.29, 0.717) is 18.2 Å². The number of rotatable bonds is 4. The first-order valence-corrected chi connectivity index (χ1v) is 8.43. The van der Waals surface area contributed by atoms with Crippen molar-refractivity contribution in [3.63, 3.8) is 0 Å². The molecule has 2 fully saturated rings. The molecule has 1 aromatic carbocycles. The summed E-state index contributed by atoms with van der Waals surface area (Å²) >= 11 is 0. The molecule has 1 aliphatic heterocycles. The van der Waals surface area contributed by atoms with E-state index in [1.165, 1.54) is 12.8 Å². The number of ether oxygens (including phenoxy) is 1. The van der Waals surface area contributed by atoms with Gasteiger partial charge in [-0.15, -0.1) is 0 Å². The average Bonchev–Trinajstić information content (AvgIpc) is 3.07. The maximum Gasteiger partial charge on any atom is 0.253 e. The monoisotopic (exact) mass is 303 g/mol. The quantitative estimate of drug-likeness (QED) is 0.930. The molecule has 22 heavy (non-hydrogen) atoms. The highest BCUT2D eigenvalue weighted by Gasteiger charge is 2.24. The van der Waals surface area contributed by atoms with Crippen LogP contribution in [0.25, 0.3) is 0 Å². The van der Waals surface area contributed by atoms with Crippen molar-refractivity contribution in [2.75, 3.05) is 19.7 Å². The molecule has 2 aliphatic rings. The second-order valence-corrected chi connectivity index (χ2v) is 6.49. The summed E-state index contributed by atoms with van der Waals surface area (Å²) in [6, 6.07) is 7.54. The van der Waals surface area contributed by atoms with E-state index in [1.807, 2.05) is 29.2 Å². The zero-order valence-electron chi connectivity index (χ0n) is 13.0. The van der Waals surface area contributed by atoms with E-state index < -0.39 is 0 Å². The predicted molar refractivity (Wildman–Crippen MR) is 85.0 cm³/mol. The summed E-state index contributed by atoms with van der Waals surface area (Å²) in [7, 11) is 0. The van der Waals surface area contributed by atoms with Crippen LogP contribution in [-0.4, -0.2) is 41.7 Å². The summed E-state index contributed by atoms with van der Waals surface area (Å²) in [6.45, 7) is 1.60. The number of nitrogens with zero attached hydrogens (tertiary/aromatic N) is 1. The molecule has 1 unspecified atom stereocenters. The molecule has 1 saturated carbocycles. The molecule has 4 heteroatoms. The Bertz CT molecular complexity index is 511. The van der Waals surface area contributed by atoms with Crippen LogP contribution in [0.5, 0.6) is 5.75 Å². The van der Waals surface area contributed by atoms with Crippen LogP contribution in [0.15, 0.2) is 24.3 Å². The van der Waals surface area contributed by atoms with Crippen LogP contribution >= 0.6 is 0 Å². The largest absolute Gasteiger partial charge is 0.490 e. The first-order chi connectivity index (χ1) is 10.8. The van der Waals surface area contributed by atoms with Crippen LogP contribution in [0.1, 0.15) is 48.9 Å². The molecule has 0 bridgehead atoms. The Balaban J connectivity index is 1.66. The fraction of sp³-hybridized carbons (Fsp3) is 0.611. The van der Waals surface area contributed by atoms with Crippen molar-refractivity contribution in [3.8, 4) is 5.75 Å². The number of aliphatic hydroxyl groups is 1. The lowest BCUT2D eigenvalue weighted by Crippen LogP contribution is -2.40. The fourth-order valence-corrected chi connectivity index (χ4v) is 3.48. The van der Waals surface area contributed by atoms with Crippen LogP contribution in [0, 0.1) is 5.92 Å². The van der Waals surface area contributed by atoms with Gasteiger partial charge in [-0.2, -0.15) is 0 Å². The molecule has 0 radical (unpaired) electrons. The molecule has 120 valence electrons. The fourth-order valence-electron chi connectivity index (χ4n) is 3.48. The maximum absolute atomic E-state index is 12.6. The minimum Gasteiger partial charge on any atom is -0.490 e. The molecule has 1 aromatic rings. The highest BCUT2D eigenvalue weighted by atomic mass is 16.5. The second-order valence-electron chi connectivity index (χ2n) is 6.49. The molecule has 4 nitrogen and oxygen atoms in total. The number of benzene rings is 1. The summed E-state index contributed by atoms with van der Waals surface area (Å²) < 4.78 is 5.99. The Hall–Kier alpha value is -1.55. The average molecular weight is 303 g/mol. The van der Waals surface area contributed by atoms with Crippen LogP contribution < -0.4 is 4.74 Å². The van der Waals surface area contributed by atoms with Gasteiger partial charge in [0.1, 0.15) is 5.75 Å². The first kappa shape index (κ1) is 15.3. The number of likely N-dealkylation sites (tertiary alicyclic amines) is 1. The number of aliphatic hydroxyl groups excluding tert-OH is 1. The minimum atomic E-state index is 0.0509. The van der Waals surface area contributed by atoms with E-state index in [4.69, 9.17) is 4.74 Å². The first-order valence-electron chi connectivity index (χ1n) is 8.43. The summed E-state index contributed by atoms with van der Waals surface area (Å²) in [5.74, 6) is 1.07. The zero-order chi connectivity index (χ0) is 15.4. The lowest BCUT2D eigenvalue weighted by atomic mass is 9.98. The van der Waals surface area contributed by atoms with Crippen LogP contribution in [0.4, 0.5) is 0 Å². The molecule has 1 amide bonds. The van der Waals surface area contributed by atoms with Crippen LogP contribution in [-0.2, 0) is 0 Å². The van der Waals surface area contributed by atoms with Gasteiger partial charge in [0.15, 0.2) is 0 Å². The molecule has 0 aromatic heterocycles. The highest BCUT2D eigenvalue weighted by molar-refractivity contribution is 5.94. The maximum atomic E-state index is 12.6. The summed E-state index contributed by atoms with van der Waals surface area (Å²) in [5, 5.41) is 9.31. The van der Waals surface area contributed by atoms with Gasteiger partial charge in [0.05, 0.1) is 6.10 Å². The topological polar surface area (TPSA) is 49.8 Å². The van der Waals surface area contributed by atoms with Crippen molar-refractivity contribution >= 4 is 5.91 Å². The number of amides is 1. The Morgan fingerprint density at radius 2 is 2.05 bits per heavy atom. The Morgan fingerprint density at radius 3 is 2.82 bits per heavy atom. The number of carbonyl (C=O) groups is 1. The van der Waals surface area contributed by atoms with Crippen molar-refractivity contribution in [2.24, 2.45) is 5.92 Å². The highest BCUT2D eigenvalue weighted by Crippen LogP contribution is 2.25. The van der Waals surface area contributed by atoms with E-state index in [0.717, 1.165) is 38.0 Å². The summed E-state index contributed by atoms with van der Waals surface area (Å²) in [5.41, 5.74) is 0.689. The molecule has 1 heterocycles. The third-order valence-corrected chi connectivity index (χ3v) is 4.75. The van der Waals surface area contributed by atoms with Gasteiger partial charge in [0.2, 0.25) is 0 Å². The molecular weight excluding hydrogens is 278 g/mol. The third-order valence-electron chi connectivity index (χ3n) is 4.75. The summed E-state index contributed by atoms with van der Waals surface area (Å²) in [4.78, 5) is 14.5. The van der Waals surface area contributed by atoms with Gasteiger partial charge in [-0.3, -0.25) is 4.79 Å². The Kier molecular flexibility index (Phi) is 4.98. The predicted octanol–water partition coefficient (Wildman–Crippen LogP) is 2.85.